The zero-order valence-electron chi connectivity index (χ0n) is 10.2. The summed E-state index contributed by atoms with van der Waals surface area (Å²) in [6.07, 6.45) is -4.57. The number of nitrogens with zero attached hydrogens (tertiary/aromatic N) is 1. The molecule has 0 unspecified atom stereocenters. The molecule has 1 nitrogen and oxygen atoms in total. The Balaban J connectivity index is 2.41. The summed E-state index contributed by atoms with van der Waals surface area (Å²) in [6.45, 7) is 0. The van der Waals surface area contributed by atoms with Gasteiger partial charge in [-0.25, -0.2) is 4.98 Å². The van der Waals surface area contributed by atoms with Crippen molar-refractivity contribution in [3.63, 3.8) is 0 Å². The molecule has 3 aromatic rings. The first-order valence-electron chi connectivity index (χ1n) is 5.77. The number of fused-ring (bicyclic) bond motifs is 1. The molecule has 0 spiro atoms. The van der Waals surface area contributed by atoms with Gasteiger partial charge in [0.1, 0.15) is 0 Å². The van der Waals surface area contributed by atoms with E-state index >= 15 is 0 Å². The predicted octanol–water partition coefficient (Wildman–Crippen LogP) is 6.40. The zero-order valence-corrected chi connectivity index (χ0v) is 13.4. The lowest BCUT2D eigenvalue weighted by atomic mass is 10.0. The number of rotatable bonds is 1. The van der Waals surface area contributed by atoms with Crippen molar-refractivity contribution in [3.05, 3.63) is 50.2 Å². The molecule has 0 amide bonds. The lowest BCUT2D eigenvalue weighted by Gasteiger charge is -2.13. The highest BCUT2D eigenvalue weighted by Crippen LogP contribution is 2.42. The molecular formula is C14H6BrClF3NS. The highest BCUT2D eigenvalue weighted by molar-refractivity contribution is 9.10. The van der Waals surface area contributed by atoms with E-state index in [0.717, 1.165) is 5.56 Å². The third-order valence-corrected chi connectivity index (χ3v) is 5.07. The van der Waals surface area contributed by atoms with Gasteiger partial charge in [-0.2, -0.15) is 24.5 Å². The second-order valence-electron chi connectivity index (χ2n) is 4.30. The molecule has 0 bridgehead atoms. The Morgan fingerprint density at radius 1 is 1.19 bits per heavy atom. The molecule has 0 aliphatic carbocycles. The zero-order chi connectivity index (χ0) is 15.2. The first-order chi connectivity index (χ1) is 9.89. The van der Waals surface area contributed by atoms with E-state index in [4.69, 9.17) is 11.6 Å². The Morgan fingerprint density at radius 3 is 2.57 bits per heavy atom. The first kappa shape index (κ1) is 14.8. The molecule has 0 aliphatic rings. The monoisotopic (exact) mass is 391 g/mol. The molecule has 0 saturated carbocycles. The Labute approximate surface area is 135 Å². The Morgan fingerprint density at radius 2 is 1.95 bits per heavy atom. The number of alkyl halides is 3. The van der Waals surface area contributed by atoms with Gasteiger partial charge in [0, 0.05) is 10.9 Å². The van der Waals surface area contributed by atoms with E-state index in [2.05, 4.69) is 20.9 Å². The number of pyridine rings is 1. The van der Waals surface area contributed by atoms with Crippen molar-refractivity contribution in [3.8, 4) is 11.1 Å². The molecule has 3 rings (SSSR count). The molecule has 2 heterocycles. The van der Waals surface area contributed by atoms with Gasteiger partial charge >= 0.3 is 6.18 Å². The molecule has 0 atom stereocenters. The van der Waals surface area contributed by atoms with Crippen molar-refractivity contribution in [2.24, 2.45) is 0 Å². The number of thiophene rings is 1. The highest BCUT2D eigenvalue weighted by Gasteiger charge is 2.36. The van der Waals surface area contributed by atoms with Crippen LogP contribution in [0.5, 0.6) is 0 Å². The van der Waals surface area contributed by atoms with Crippen LogP contribution in [0.15, 0.2) is 39.5 Å². The minimum Gasteiger partial charge on any atom is -0.241 e. The Hall–Kier alpha value is -1.11. The number of benzene rings is 1. The van der Waals surface area contributed by atoms with E-state index in [1.807, 2.05) is 16.8 Å². The number of hydrogen-bond acceptors (Lipinski definition) is 2. The van der Waals surface area contributed by atoms with Crippen LogP contribution in [-0.4, -0.2) is 4.98 Å². The molecule has 0 aliphatic heterocycles. The minimum atomic E-state index is -4.57. The molecular weight excluding hydrogens is 387 g/mol. The molecule has 7 heteroatoms. The second kappa shape index (κ2) is 5.26. The molecule has 0 saturated heterocycles. The van der Waals surface area contributed by atoms with E-state index in [1.165, 1.54) is 11.3 Å². The Bertz CT molecular complexity index is 815. The second-order valence-corrected chi connectivity index (χ2v) is 6.25. The third kappa shape index (κ3) is 2.56. The fraction of sp³-hybridized carbons (Fsp3) is 0.0714. The van der Waals surface area contributed by atoms with Crippen LogP contribution in [0.4, 0.5) is 13.2 Å². The normalized spacial score (nSPS) is 12.0. The molecule has 1 aromatic carbocycles. The Kier molecular flexibility index (Phi) is 3.71. The van der Waals surface area contributed by atoms with E-state index in [1.54, 1.807) is 18.2 Å². The van der Waals surface area contributed by atoms with Crippen molar-refractivity contribution in [2.45, 2.75) is 6.18 Å². The predicted molar refractivity (Wildman–Crippen MR) is 82.8 cm³/mol. The van der Waals surface area contributed by atoms with Crippen LogP contribution >= 0.6 is 38.9 Å². The third-order valence-electron chi connectivity index (χ3n) is 3.00. The summed E-state index contributed by atoms with van der Waals surface area (Å²) in [5.41, 5.74) is 0.692. The van der Waals surface area contributed by atoms with Crippen LogP contribution in [0.25, 0.3) is 22.0 Å². The van der Waals surface area contributed by atoms with Gasteiger partial charge in [0.2, 0.25) is 0 Å². The van der Waals surface area contributed by atoms with Gasteiger partial charge in [-0.3, -0.25) is 0 Å². The van der Waals surface area contributed by atoms with Crippen molar-refractivity contribution >= 4 is 49.8 Å². The topological polar surface area (TPSA) is 12.9 Å². The summed E-state index contributed by atoms with van der Waals surface area (Å²) in [4.78, 5) is 3.81. The number of para-hydroxylation sites is 1. The van der Waals surface area contributed by atoms with Crippen LogP contribution in [0.2, 0.25) is 5.02 Å². The van der Waals surface area contributed by atoms with Crippen LogP contribution in [0.1, 0.15) is 5.69 Å². The largest absolute Gasteiger partial charge is 0.434 e. The summed E-state index contributed by atoms with van der Waals surface area (Å²) >= 11 is 10.5. The van der Waals surface area contributed by atoms with E-state index in [-0.39, 0.29) is 15.0 Å². The van der Waals surface area contributed by atoms with Gasteiger partial charge in [-0.1, -0.05) is 29.8 Å². The highest BCUT2D eigenvalue weighted by atomic mass is 79.9. The number of aromatic nitrogens is 1. The average Bonchev–Trinajstić information content (AvgIpc) is 2.94. The van der Waals surface area contributed by atoms with Gasteiger partial charge in [0.05, 0.1) is 15.0 Å². The summed E-state index contributed by atoms with van der Waals surface area (Å²) < 4.78 is 39.0. The first-order valence-corrected chi connectivity index (χ1v) is 7.88. The smallest absolute Gasteiger partial charge is 0.241 e. The molecule has 0 radical (unpaired) electrons. The van der Waals surface area contributed by atoms with Crippen molar-refractivity contribution in [1.82, 2.24) is 4.98 Å². The molecule has 108 valence electrons. The van der Waals surface area contributed by atoms with E-state index in [9.17, 15) is 13.2 Å². The fourth-order valence-electron chi connectivity index (χ4n) is 2.06. The lowest BCUT2D eigenvalue weighted by Crippen LogP contribution is -2.10. The standard InChI is InChI=1S/C14H6BrClF3NS/c15-10-11(16)9-3-1-2-8(7-4-5-21-6-7)12(9)20-13(10)14(17,18)19/h1-6H. The molecule has 0 N–H and O–H groups in total. The average molecular weight is 393 g/mol. The summed E-state index contributed by atoms with van der Waals surface area (Å²) in [7, 11) is 0. The van der Waals surface area contributed by atoms with Crippen LogP contribution in [0, 0.1) is 0 Å². The SMILES string of the molecule is FC(F)(F)c1nc2c(-c3ccsc3)cccc2c(Cl)c1Br. The minimum absolute atomic E-state index is 0.0180. The van der Waals surface area contributed by atoms with Gasteiger partial charge in [-0.05, 0) is 38.3 Å². The van der Waals surface area contributed by atoms with Gasteiger partial charge < -0.3 is 0 Å². The number of halogens is 5. The van der Waals surface area contributed by atoms with Crippen molar-refractivity contribution < 1.29 is 13.2 Å². The van der Waals surface area contributed by atoms with Crippen LogP contribution in [-0.2, 0) is 6.18 Å². The van der Waals surface area contributed by atoms with Crippen LogP contribution in [0.3, 0.4) is 0 Å². The molecule has 2 aromatic heterocycles. The summed E-state index contributed by atoms with van der Waals surface area (Å²) in [5, 5.41) is 4.23. The maximum atomic E-state index is 13.1. The summed E-state index contributed by atoms with van der Waals surface area (Å²) in [6, 6.07) is 6.99. The number of hydrogen-bond donors (Lipinski definition) is 0. The van der Waals surface area contributed by atoms with Crippen LogP contribution < -0.4 is 0 Å². The van der Waals surface area contributed by atoms with Gasteiger partial charge in [0.15, 0.2) is 5.69 Å². The van der Waals surface area contributed by atoms with E-state index in [0.29, 0.717) is 10.9 Å². The van der Waals surface area contributed by atoms with Gasteiger partial charge in [-0.15, -0.1) is 0 Å². The van der Waals surface area contributed by atoms with Gasteiger partial charge in [0.25, 0.3) is 0 Å². The maximum Gasteiger partial charge on any atom is 0.434 e. The van der Waals surface area contributed by atoms with Crippen molar-refractivity contribution in [2.75, 3.05) is 0 Å². The fourth-order valence-corrected chi connectivity index (χ4v) is 3.49. The van der Waals surface area contributed by atoms with Crippen molar-refractivity contribution in [1.29, 1.82) is 0 Å². The van der Waals surface area contributed by atoms with E-state index < -0.39 is 11.9 Å². The molecule has 0 fully saturated rings. The summed E-state index contributed by atoms with van der Waals surface area (Å²) in [5.74, 6) is 0. The quantitative estimate of drug-likeness (QED) is 0.467. The molecule has 21 heavy (non-hydrogen) atoms. The lowest BCUT2D eigenvalue weighted by molar-refractivity contribution is -0.141. The maximum absolute atomic E-state index is 13.1.